The Bertz CT molecular complexity index is 334. The normalized spacial score (nSPS) is 26.5. The van der Waals surface area contributed by atoms with E-state index < -0.39 is 0 Å². The fourth-order valence-corrected chi connectivity index (χ4v) is 2.23. The van der Waals surface area contributed by atoms with Crippen LogP contribution in [0.15, 0.2) is 24.3 Å². The molecule has 0 amide bonds. The summed E-state index contributed by atoms with van der Waals surface area (Å²) < 4.78 is 19.1. The summed E-state index contributed by atoms with van der Waals surface area (Å²) in [5.41, 5.74) is 6.18. The Hall–Kier alpha value is -0.930. The molecule has 1 saturated heterocycles. The average Bonchev–Trinajstić information content (AvgIpc) is 2.30. The van der Waals surface area contributed by atoms with Gasteiger partial charge in [0.25, 0.3) is 0 Å². The molecule has 1 atom stereocenters. The molecule has 15 heavy (non-hydrogen) atoms. The van der Waals surface area contributed by atoms with Crippen LogP contribution in [-0.2, 0) is 10.2 Å². The van der Waals surface area contributed by atoms with Crippen LogP contribution >= 0.6 is 0 Å². The first-order valence-electron chi connectivity index (χ1n) is 5.31. The summed E-state index contributed by atoms with van der Waals surface area (Å²) in [5, 5.41) is 0. The van der Waals surface area contributed by atoms with Crippen LogP contribution in [0.3, 0.4) is 0 Å². The standard InChI is InChI=1S/C12H16FNO/c13-11-5-2-1-4-10(11)12(8-14)6-3-7-15-9-12/h1-2,4-5H,3,6-9,14H2. The van der Waals surface area contributed by atoms with Crippen molar-refractivity contribution in [3.05, 3.63) is 35.6 Å². The molecule has 0 spiro atoms. The van der Waals surface area contributed by atoms with Gasteiger partial charge in [-0.25, -0.2) is 4.39 Å². The summed E-state index contributed by atoms with van der Waals surface area (Å²) in [5.74, 6) is -0.173. The lowest BCUT2D eigenvalue weighted by Crippen LogP contribution is -2.43. The van der Waals surface area contributed by atoms with E-state index >= 15 is 0 Å². The number of nitrogens with two attached hydrogens (primary N) is 1. The topological polar surface area (TPSA) is 35.2 Å². The largest absolute Gasteiger partial charge is 0.380 e. The quantitative estimate of drug-likeness (QED) is 0.806. The minimum Gasteiger partial charge on any atom is -0.380 e. The van der Waals surface area contributed by atoms with Crippen LogP contribution in [0.1, 0.15) is 18.4 Å². The molecule has 1 fully saturated rings. The predicted octanol–water partition coefficient (Wildman–Crippen LogP) is 1.83. The maximum absolute atomic E-state index is 13.7. The van der Waals surface area contributed by atoms with Gasteiger partial charge in [0.1, 0.15) is 5.82 Å². The van der Waals surface area contributed by atoms with Crippen molar-refractivity contribution in [3.63, 3.8) is 0 Å². The minimum absolute atomic E-state index is 0.173. The Balaban J connectivity index is 2.36. The minimum atomic E-state index is -0.316. The average molecular weight is 209 g/mol. The molecule has 0 radical (unpaired) electrons. The van der Waals surface area contributed by atoms with Crippen LogP contribution < -0.4 is 5.73 Å². The van der Waals surface area contributed by atoms with Gasteiger partial charge in [0, 0.05) is 18.6 Å². The van der Waals surface area contributed by atoms with Crippen LogP contribution in [0.2, 0.25) is 0 Å². The molecule has 82 valence electrons. The van der Waals surface area contributed by atoms with Gasteiger partial charge in [-0.3, -0.25) is 0 Å². The molecular weight excluding hydrogens is 193 g/mol. The van der Waals surface area contributed by atoms with Gasteiger partial charge < -0.3 is 10.5 Å². The molecule has 1 aliphatic heterocycles. The van der Waals surface area contributed by atoms with E-state index in [1.165, 1.54) is 6.07 Å². The number of ether oxygens (including phenoxy) is 1. The number of rotatable bonds is 2. The van der Waals surface area contributed by atoms with Gasteiger partial charge in [-0.05, 0) is 24.5 Å². The van der Waals surface area contributed by atoms with Gasteiger partial charge in [-0.15, -0.1) is 0 Å². The third-order valence-electron chi connectivity index (χ3n) is 3.16. The van der Waals surface area contributed by atoms with E-state index in [0.717, 1.165) is 19.4 Å². The molecular formula is C12H16FNO. The molecule has 2 nitrogen and oxygen atoms in total. The van der Waals surface area contributed by atoms with Crippen LogP contribution in [0, 0.1) is 5.82 Å². The van der Waals surface area contributed by atoms with Crippen molar-refractivity contribution in [3.8, 4) is 0 Å². The summed E-state index contributed by atoms with van der Waals surface area (Å²) in [6, 6.07) is 6.86. The predicted molar refractivity (Wildman–Crippen MR) is 57.2 cm³/mol. The summed E-state index contributed by atoms with van der Waals surface area (Å²) in [7, 11) is 0. The SMILES string of the molecule is NCC1(c2ccccc2F)CCCOC1. The van der Waals surface area contributed by atoms with E-state index in [1.807, 2.05) is 12.1 Å². The molecule has 1 unspecified atom stereocenters. The first-order valence-corrected chi connectivity index (χ1v) is 5.31. The Kier molecular flexibility index (Phi) is 3.03. The van der Waals surface area contributed by atoms with Crippen LogP contribution in [0.4, 0.5) is 4.39 Å². The molecule has 2 N–H and O–H groups in total. The van der Waals surface area contributed by atoms with E-state index in [9.17, 15) is 4.39 Å². The Morgan fingerprint density at radius 2 is 2.20 bits per heavy atom. The second kappa shape index (κ2) is 4.29. The van der Waals surface area contributed by atoms with Crippen LogP contribution in [0.25, 0.3) is 0 Å². The summed E-state index contributed by atoms with van der Waals surface area (Å²) in [4.78, 5) is 0. The highest BCUT2D eigenvalue weighted by atomic mass is 19.1. The van der Waals surface area contributed by atoms with E-state index in [-0.39, 0.29) is 11.2 Å². The molecule has 0 saturated carbocycles. The highest BCUT2D eigenvalue weighted by Gasteiger charge is 2.35. The molecule has 1 aromatic carbocycles. The highest BCUT2D eigenvalue weighted by Crippen LogP contribution is 2.33. The Morgan fingerprint density at radius 3 is 2.80 bits per heavy atom. The van der Waals surface area contributed by atoms with Gasteiger partial charge in [-0.1, -0.05) is 18.2 Å². The van der Waals surface area contributed by atoms with Gasteiger partial charge in [0.2, 0.25) is 0 Å². The third-order valence-corrected chi connectivity index (χ3v) is 3.16. The lowest BCUT2D eigenvalue weighted by Gasteiger charge is -2.36. The fourth-order valence-electron chi connectivity index (χ4n) is 2.23. The zero-order valence-corrected chi connectivity index (χ0v) is 8.71. The molecule has 2 rings (SSSR count). The Labute approximate surface area is 89.2 Å². The van der Waals surface area contributed by atoms with Gasteiger partial charge in [0.15, 0.2) is 0 Å². The van der Waals surface area contributed by atoms with E-state index in [1.54, 1.807) is 6.07 Å². The van der Waals surface area contributed by atoms with Crippen LogP contribution in [0.5, 0.6) is 0 Å². The van der Waals surface area contributed by atoms with Crippen molar-refractivity contribution in [2.24, 2.45) is 5.73 Å². The van der Waals surface area contributed by atoms with Crippen molar-refractivity contribution in [1.29, 1.82) is 0 Å². The lowest BCUT2D eigenvalue weighted by molar-refractivity contribution is 0.0362. The maximum Gasteiger partial charge on any atom is 0.127 e. The van der Waals surface area contributed by atoms with Gasteiger partial charge in [-0.2, -0.15) is 0 Å². The highest BCUT2D eigenvalue weighted by molar-refractivity contribution is 5.28. The second-order valence-corrected chi connectivity index (χ2v) is 4.12. The van der Waals surface area contributed by atoms with Gasteiger partial charge in [0.05, 0.1) is 6.61 Å². The van der Waals surface area contributed by atoms with E-state index in [0.29, 0.717) is 18.7 Å². The Morgan fingerprint density at radius 1 is 1.40 bits per heavy atom. The molecule has 1 aliphatic rings. The van der Waals surface area contributed by atoms with Crippen molar-refractivity contribution in [1.82, 2.24) is 0 Å². The van der Waals surface area contributed by atoms with Crippen molar-refractivity contribution >= 4 is 0 Å². The van der Waals surface area contributed by atoms with Crippen molar-refractivity contribution in [2.45, 2.75) is 18.3 Å². The molecule has 0 bridgehead atoms. The maximum atomic E-state index is 13.7. The van der Waals surface area contributed by atoms with Crippen LogP contribution in [-0.4, -0.2) is 19.8 Å². The lowest BCUT2D eigenvalue weighted by atomic mass is 9.76. The second-order valence-electron chi connectivity index (χ2n) is 4.12. The zero-order chi connectivity index (χ0) is 10.7. The number of halogens is 1. The van der Waals surface area contributed by atoms with Gasteiger partial charge >= 0.3 is 0 Å². The summed E-state index contributed by atoms with van der Waals surface area (Å²) in [6.45, 7) is 1.73. The number of hydrogen-bond donors (Lipinski definition) is 1. The number of hydrogen-bond acceptors (Lipinski definition) is 2. The molecule has 0 aliphatic carbocycles. The van der Waals surface area contributed by atoms with Crippen molar-refractivity contribution in [2.75, 3.05) is 19.8 Å². The first kappa shape index (κ1) is 10.6. The smallest absolute Gasteiger partial charge is 0.127 e. The monoisotopic (exact) mass is 209 g/mol. The fraction of sp³-hybridized carbons (Fsp3) is 0.500. The zero-order valence-electron chi connectivity index (χ0n) is 8.71. The molecule has 0 aromatic heterocycles. The first-order chi connectivity index (χ1) is 7.28. The van der Waals surface area contributed by atoms with Crippen molar-refractivity contribution < 1.29 is 9.13 Å². The third kappa shape index (κ3) is 1.90. The molecule has 1 heterocycles. The summed E-state index contributed by atoms with van der Waals surface area (Å²) in [6.07, 6.45) is 1.86. The summed E-state index contributed by atoms with van der Waals surface area (Å²) >= 11 is 0. The number of benzene rings is 1. The molecule has 1 aromatic rings. The van der Waals surface area contributed by atoms with E-state index in [4.69, 9.17) is 10.5 Å². The molecule has 3 heteroatoms. The van der Waals surface area contributed by atoms with E-state index in [2.05, 4.69) is 0 Å².